The number of carbonyl (C=O) groups excluding carboxylic acids is 2. The zero-order valence-corrected chi connectivity index (χ0v) is 15.2. The van der Waals surface area contributed by atoms with Crippen molar-refractivity contribution in [3.63, 3.8) is 0 Å². The highest BCUT2D eigenvalue weighted by molar-refractivity contribution is 6.00. The van der Waals surface area contributed by atoms with Crippen molar-refractivity contribution in [1.29, 1.82) is 5.26 Å². The van der Waals surface area contributed by atoms with Gasteiger partial charge in [0.05, 0.1) is 17.2 Å². The van der Waals surface area contributed by atoms with Gasteiger partial charge in [-0.15, -0.1) is 0 Å². The summed E-state index contributed by atoms with van der Waals surface area (Å²) in [5, 5.41) is 14.2. The average molecular weight is 389 g/mol. The van der Waals surface area contributed by atoms with Crippen LogP contribution in [0.15, 0.2) is 72.8 Å². The first kappa shape index (κ1) is 19.6. The number of benzene rings is 3. The quantitative estimate of drug-likeness (QED) is 0.619. The molecule has 0 unspecified atom stereocenters. The monoisotopic (exact) mass is 389 g/mol. The average Bonchev–Trinajstić information content (AvgIpc) is 2.74. The predicted octanol–water partition coefficient (Wildman–Crippen LogP) is 4.70. The molecule has 2 amide bonds. The van der Waals surface area contributed by atoms with Crippen molar-refractivity contribution in [2.75, 3.05) is 10.6 Å². The zero-order valence-electron chi connectivity index (χ0n) is 15.2. The summed E-state index contributed by atoms with van der Waals surface area (Å²) in [5.74, 6) is -1.20. The maximum absolute atomic E-state index is 13.7. The van der Waals surface area contributed by atoms with E-state index < -0.39 is 17.8 Å². The summed E-state index contributed by atoms with van der Waals surface area (Å²) < 4.78 is 18.8. The van der Waals surface area contributed by atoms with Gasteiger partial charge < -0.3 is 15.4 Å². The largest absolute Gasteiger partial charge is 0.457 e. The molecule has 3 rings (SSSR count). The molecular weight excluding hydrogens is 373 g/mol. The number of carbonyl (C=O) groups is 2. The third kappa shape index (κ3) is 5.40. The number of halogens is 1. The van der Waals surface area contributed by atoms with Crippen molar-refractivity contribution in [3.8, 4) is 6.07 Å². The molecule has 0 atom stereocenters. The Labute approximate surface area is 166 Å². The Hall–Kier alpha value is -4.18. The number of nitrogens with zero attached hydrogens (tertiary/aromatic N) is 1. The van der Waals surface area contributed by atoms with Crippen LogP contribution >= 0.6 is 0 Å². The number of ether oxygens (including phenoxy) is 1. The minimum atomic E-state index is -0.646. The van der Waals surface area contributed by atoms with Crippen LogP contribution < -0.4 is 10.6 Å². The van der Waals surface area contributed by atoms with Crippen molar-refractivity contribution < 1.29 is 18.7 Å². The fourth-order valence-corrected chi connectivity index (χ4v) is 2.49. The van der Waals surface area contributed by atoms with Gasteiger partial charge >= 0.3 is 12.0 Å². The van der Waals surface area contributed by atoms with E-state index in [1.165, 1.54) is 24.3 Å². The number of nitriles is 1. The fourth-order valence-electron chi connectivity index (χ4n) is 2.49. The Bertz CT molecular complexity index is 1060. The number of rotatable bonds is 5. The Morgan fingerprint density at radius 3 is 2.24 bits per heavy atom. The summed E-state index contributed by atoms with van der Waals surface area (Å²) in [4.78, 5) is 24.1. The minimum absolute atomic E-state index is 0.119. The highest BCUT2D eigenvalue weighted by atomic mass is 19.1. The highest BCUT2D eigenvalue weighted by Gasteiger charge is 2.11. The third-order valence-corrected chi connectivity index (χ3v) is 3.94. The molecule has 0 aromatic heterocycles. The molecule has 0 spiro atoms. The second kappa shape index (κ2) is 9.15. The maximum atomic E-state index is 13.7. The van der Waals surface area contributed by atoms with Crippen LogP contribution in [0.5, 0.6) is 0 Å². The molecular formula is C22H16FN3O3. The van der Waals surface area contributed by atoms with Crippen molar-refractivity contribution in [1.82, 2.24) is 0 Å². The van der Waals surface area contributed by atoms with Crippen LogP contribution in [0.3, 0.4) is 0 Å². The van der Waals surface area contributed by atoms with Crippen LogP contribution in [-0.4, -0.2) is 12.0 Å². The second-order valence-corrected chi connectivity index (χ2v) is 6.02. The van der Waals surface area contributed by atoms with E-state index in [0.717, 1.165) is 6.07 Å². The summed E-state index contributed by atoms with van der Waals surface area (Å²) in [6.07, 6.45) is 0. The van der Waals surface area contributed by atoms with Gasteiger partial charge in [0.2, 0.25) is 0 Å². The molecule has 6 nitrogen and oxygen atoms in total. The van der Waals surface area contributed by atoms with E-state index in [1.807, 2.05) is 12.1 Å². The molecule has 0 aliphatic carbocycles. The molecule has 2 N–H and O–H groups in total. The SMILES string of the molecule is N#Cc1ccc(F)c(COC(=O)c2ccc(NC(=O)Nc3ccccc3)cc2)c1. The first-order chi connectivity index (χ1) is 14.0. The number of para-hydroxylation sites is 1. The topological polar surface area (TPSA) is 91.2 Å². The molecule has 3 aromatic carbocycles. The number of nitrogens with one attached hydrogen (secondary N) is 2. The fraction of sp³-hybridized carbons (Fsp3) is 0.0455. The van der Waals surface area contributed by atoms with Gasteiger partial charge in [0.25, 0.3) is 0 Å². The van der Waals surface area contributed by atoms with E-state index in [9.17, 15) is 14.0 Å². The van der Waals surface area contributed by atoms with E-state index in [4.69, 9.17) is 10.00 Å². The summed E-state index contributed by atoms with van der Waals surface area (Å²) in [6, 6.07) is 20.4. The summed E-state index contributed by atoms with van der Waals surface area (Å²) in [5.41, 5.74) is 1.78. The summed E-state index contributed by atoms with van der Waals surface area (Å²) in [7, 11) is 0. The Morgan fingerprint density at radius 1 is 0.931 bits per heavy atom. The van der Waals surface area contributed by atoms with Crippen molar-refractivity contribution in [2.24, 2.45) is 0 Å². The molecule has 144 valence electrons. The van der Waals surface area contributed by atoms with E-state index in [2.05, 4.69) is 10.6 Å². The Balaban J connectivity index is 1.56. The third-order valence-electron chi connectivity index (χ3n) is 3.94. The van der Waals surface area contributed by atoms with E-state index in [-0.39, 0.29) is 23.3 Å². The van der Waals surface area contributed by atoms with Crippen LogP contribution in [0.25, 0.3) is 0 Å². The number of hydrogen-bond acceptors (Lipinski definition) is 4. The molecule has 3 aromatic rings. The van der Waals surface area contributed by atoms with Gasteiger partial charge in [-0.3, -0.25) is 0 Å². The Morgan fingerprint density at radius 2 is 1.59 bits per heavy atom. The lowest BCUT2D eigenvalue weighted by Crippen LogP contribution is -2.19. The van der Waals surface area contributed by atoms with Crippen LogP contribution in [0.1, 0.15) is 21.5 Å². The first-order valence-electron chi connectivity index (χ1n) is 8.64. The van der Waals surface area contributed by atoms with Gasteiger partial charge in [-0.25, -0.2) is 14.0 Å². The second-order valence-electron chi connectivity index (χ2n) is 6.02. The molecule has 29 heavy (non-hydrogen) atoms. The van der Waals surface area contributed by atoms with Gasteiger partial charge in [-0.1, -0.05) is 18.2 Å². The van der Waals surface area contributed by atoms with E-state index in [0.29, 0.717) is 11.4 Å². The van der Waals surface area contributed by atoms with Crippen LogP contribution in [0, 0.1) is 17.1 Å². The van der Waals surface area contributed by atoms with Gasteiger partial charge in [-0.05, 0) is 54.6 Å². The molecule has 0 saturated heterocycles. The molecule has 0 heterocycles. The van der Waals surface area contributed by atoms with Gasteiger partial charge in [0, 0.05) is 16.9 Å². The molecule has 7 heteroatoms. The number of esters is 1. The lowest BCUT2D eigenvalue weighted by atomic mass is 10.1. The van der Waals surface area contributed by atoms with E-state index in [1.54, 1.807) is 36.4 Å². The number of anilines is 2. The van der Waals surface area contributed by atoms with Crippen molar-refractivity contribution in [2.45, 2.75) is 6.61 Å². The van der Waals surface area contributed by atoms with Crippen LogP contribution in [0.4, 0.5) is 20.6 Å². The predicted molar refractivity (Wildman–Crippen MR) is 106 cm³/mol. The van der Waals surface area contributed by atoms with Crippen molar-refractivity contribution in [3.05, 3.63) is 95.3 Å². The highest BCUT2D eigenvalue weighted by Crippen LogP contribution is 2.15. The summed E-state index contributed by atoms with van der Waals surface area (Å²) >= 11 is 0. The summed E-state index contributed by atoms with van der Waals surface area (Å²) in [6.45, 7) is -0.292. The van der Waals surface area contributed by atoms with Gasteiger partial charge in [0.1, 0.15) is 12.4 Å². The molecule has 0 saturated carbocycles. The van der Waals surface area contributed by atoms with Crippen molar-refractivity contribution >= 4 is 23.4 Å². The molecule has 0 aliphatic rings. The molecule has 0 aliphatic heterocycles. The normalized spacial score (nSPS) is 9.93. The van der Waals surface area contributed by atoms with Gasteiger partial charge in [-0.2, -0.15) is 5.26 Å². The number of hydrogen-bond donors (Lipinski definition) is 2. The van der Waals surface area contributed by atoms with Crippen LogP contribution in [0.2, 0.25) is 0 Å². The lowest BCUT2D eigenvalue weighted by molar-refractivity contribution is 0.0469. The Kier molecular flexibility index (Phi) is 6.18. The maximum Gasteiger partial charge on any atom is 0.338 e. The molecule has 0 bridgehead atoms. The lowest BCUT2D eigenvalue weighted by Gasteiger charge is -2.09. The molecule has 0 fully saturated rings. The van der Waals surface area contributed by atoms with E-state index >= 15 is 0 Å². The first-order valence-corrected chi connectivity index (χ1v) is 8.64. The standard InChI is InChI=1S/C22H16FN3O3/c23-20-11-6-15(13-24)12-17(20)14-29-21(27)16-7-9-19(10-8-16)26-22(28)25-18-4-2-1-3-5-18/h1-12H,14H2,(H2,25,26,28). The van der Waals surface area contributed by atoms with Crippen LogP contribution in [-0.2, 0) is 11.3 Å². The number of urea groups is 1. The van der Waals surface area contributed by atoms with Gasteiger partial charge in [0.15, 0.2) is 0 Å². The zero-order chi connectivity index (χ0) is 20.6. The minimum Gasteiger partial charge on any atom is -0.457 e. The number of amides is 2. The molecule has 0 radical (unpaired) electrons. The smallest absolute Gasteiger partial charge is 0.338 e.